The van der Waals surface area contributed by atoms with Crippen molar-refractivity contribution in [3.05, 3.63) is 60.7 Å². The van der Waals surface area contributed by atoms with Gasteiger partial charge < -0.3 is 4.74 Å². The summed E-state index contributed by atoms with van der Waals surface area (Å²) in [6, 6.07) is 9.30. The molecule has 0 aromatic heterocycles. The molecule has 1 aromatic rings. The molecule has 3 heteroatoms. The third-order valence-electron chi connectivity index (χ3n) is 3.09. The molecule has 1 unspecified atom stereocenters. The molecule has 0 heterocycles. The molecule has 0 radical (unpaired) electrons. The predicted molar refractivity (Wildman–Crippen MR) is 82.1 cm³/mol. The lowest BCUT2D eigenvalue weighted by atomic mass is 9.79. The first-order valence-electron chi connectivity index (χ1n) is 6.48. The van der Waals surface area contributed by atoms with Gasteiger partial charge in [0.15, 0.2) is 5.41 Å². The van der Waals surface area contributed by atoms with Crippen LogP contribution in [-0.4, -0.2) is 12.6 Å². The van der Waals surface area contributed by atoms with E-state index >= 15 is 0 Å². The molecule has 0 amide bonds. The Balaban J connectivity index is 3.17. The van der Waals surface area contributed by atoms with Gasteiger partial charge >= 0.3 is 5.97 Å². The Morgan fingerprint density at radius 2 is 2.10 bits per heavy atom. The number of allylic oxidation sites excluding steroid dienone is 1. The van der Waals surface area contributed by atoms with Gasteiger partial charge in [0, 0.05) is 12.0 Å². The number of benzene rings is 1. The molecule has 1 atom stereocenters. The fourth-order valence-corrected chi connectivity index (χ4v) is 2.02. The molecule has 0 saturated heterocycles. The van der Waals surface area contributed by atoms with E-state index in [1.54, 1.807) is 6.07 Å². The van der Waals surface area contributed by atoms with Crippen LogP contribution in [0.3, 0.4) is 0 Å². The summed E-state index contributed by atoms with van der Waals surface area (Å²) in [6.45, 7) is 7.18. The largest absolute Gasteiger partial charge is 0.460 e. The number of nitriles is 1. The zero-order valence-electron chi connectivity index (χ0n) is 11.8. The number of hydrogen-bond donors (Lipinski definition) is 0. The molecule has 106 valence electrons. The first kappa shape index (κ1) is 16.3. The molecule has 0 spiro atoms. The molecular formula is C18H17NO2. The number of nitrogens with zero attached hydrogens (tertiary/aromatic N) is 1. The summed E-state index contributed by atoms with van der Waals surface area (Å²) < 4.78 is 5.07. The van der Waals surface area contributed by atoms with E-state index in [0.717, 1.165) is 5.56 Å². The highest BCUT2D eigenvalue weighted by molar-refractivity contribution is 5.81. The summed E-state index contributed by atoms with van der Waals surface area (Å²) in [5.41, 5.74) is 0.106. The Hall–Kier alpha value is -2.78. The fraction of sp³-hybridized carbons (Fsp3) is 0.222. The highest BCUT2D eigenvalue weighted by atomic mass is 16.5. The average Bonchev–Trinajstić information content (AvgIpc) is 2.52. The van der Waals surface area contributed by atoms with Crippen LogP contribution in [0.1, 0.15) is 17.5 Å². The number of rotatable bonds is 7. The summed E-state index contributed by atoms with van der Waals surface area (Å²) in [6.07, 6.45) is 8.84. The van der Waals surface area contributed by atoms with Gasteiger partial charge in [0.2, 0.25) is 0 Å². The van der Waals surface area contributed by atoms with Crippen LogP contribution in [0.4, 0.5) is 0 Å². The van der Waals surface area contributed by atoms with Gasteiger partial charge in [0.25, 0.3) is 0 Å². The van der Waals surface area contributed by atoms with Crippen molar-refractivity contribution in [2.75, 3.05) is 6.61 Å². The molecule has 0 fully saturated rings. The number of hydrogen-bond acceptors (Lipinski definition) is 3. The maximum atomic E-state index is 12.3. The lowest BCUT2D eigenvalue weighted by Crippen LogP contribution is -2.34. The summed E-state index contributed by atoms with van der Waals surface area (Å²) in [5.74, 6) is 1.98. The van der Waals surface area contributed by atoms with Crippen LogP contribution >= 0.6 is 0 Å². The number of terminal acetylenes is 1. The molecule has 0 saturated carbocycles. The summed E-state index contributed by atoms with van der Waals surface area (Å²) >= 11 is 0. The first-order chi connectivity index (χ1) is 10.1. The summed E-state index contributed by atoms with van der Waals surface area (Å²) in [5, 5.41) is 9.53. The maximum absolute atomic E-state index is 12.3. The van der Waals surface area contributed by atoms with Gasteiger partial charge in [-0.3, -0.25) is 4.79 Å². The van der Waals surface area contributed by atoms with E-state index in [4.69, 9.17) is 11.2 Å². The second kappa shape index (κ2) is 7.72. The number of ether oxygens (including phenoxy) is 1. The van der Waals surface area contributed by atoms with Gasteiger partial charge in [-0.25, -0.2) is 0 Å². The van der Waals surface area contributed by atoms with Crippen LogP contribution in [-0.2, 0) is 16.0 Å². The molecular weight excluding hydrogens is 262 g/mol. The van der Waals surface area contributed by atoms with Gasteiger partial charge in [-0.05, 0) is 18.1 Å². The summed E-state index contributed by atoms with van der Waals surface area (Å²) in [4.78, 5) is 12.3. The fourth-order valence-electron chi connectivity index (χ4n) is 2.02. The van der Waals surface area contributed by atoms with Gasteiger partial charge in [0.05, 0.1) is 6.07 Å². The first-order valence-corrected chi connectivity index (χ1v) is 6.48. The number of esters is 1. The minimum atomic E-state index is -1.32. The smallest absolute Gasteiger partial charge is 0.327 e. The van der Waals surface area contributed by atoms with Gasteiger partial charge in [-0.1, -0.05) is 42.9 Å². The van der Waals surface area contributed by atoms with Crippen molar-refractivity contribution in [2.24, 2.45) is 5.41 Å². The molecule has 3 nitrogen and oxygen atoms in total. The quantitative estimate of drug-likeness (QED) is 0.438. The van der Waals surface area contributed by atoms with Crippen molar-refractivity contribution < 1.29 is 9.53 Å². The Labute approximate surface area is 125 Å². The second-order valence-corrected chi connectivity index (χ2v) is 4.55. The minimum absolute atomic E-state index is 0.0657. The van der Waals surface area contributed by atoms with E-state index in [1.165, 1.54) is 12.2 Å². The minimum Gasteiger partial charge on any atom is -0.460 e. The third kappa shape index (κ3) is 3.84. The van der Waals surface area contributed by atoms with Crippen molar-refractivity contribution in [1.82, 2.24) is 0 Å². The van der Waals surface area contributed by atoms with Crippen LogP contribution in [0, 0.1) is 29.1 Å². The molecule has 1 rings (SSSR count). The van der Waals surface area contributed by atoms with Crippen molar-refractivity contribution in [3.63, 3.8) is 0 Å². The topological polar surface area (TPSA) is 50.1 Å². The standard InChI is InChI=1S/C18H17NO2/c1-4-11-18(14-19,17(20)21-12-5-2)13-16-10-8-7-9-15(16)6-3/h3-5,7-10H,1-2,11-13H2. The monoisotopic (exact) mass is 279 g/mol. The number of carbonyl (C=O) groups excluding carboxylic acids is 1. The Morgan fingerprint density at radius 3 is 2.67 bits per heavy atom. The normalized spacial score (nSPS) is 12.3. The predicted octanol–water partition coefficient (Wildman–Crippen LogP) is 3.03. The Morgan fingerprint density at radius 1 is 1.38 bits per heavy atom. The molecule has 0 aliphatic rings. The van der Waals surface area contributed by atoms with Crippen LogP contribution in [0.5, 0.6) is 0 Å². The average molecular weight is 279 g/mol. The second-order valence-electron chi connectivity index (χ2n) is 4.55. The lowest BCUT2D eigenvalue weighted by molar-refractivity contribution is -0.151. The van der Waals surface area contributed by atoms with Crippen molar-refractivity contribution in [3.8, 4) is 18.4 Å². The molecule has 21 heavy (non-hydrogen) atoms. The molecule has 1 aromatic carbocycles. The van der Waals surface area contributed by atoms with Gasteiger partial charge in [0.1, 0.15) is 6.61 Å². The van der Waals surface area contributed by atoms with E-state index in [2.05, 4.69) is 25.1 Å². The van der Waals surface area contributed by atoms with Crippen LogP contribution < -0.4 is 0 Å². The zero-order chi connectivity index (χ0) is 15.7. The van der Waals surface area contributed by atoms with Crippen LogP contribution in [0.25, 0.3) is 0 Å². The van der Waals surface area contributed by atoms with Gasteiger partial charge in [-0.15, -0.1) is 13.0 Å². The van der Waals surface area contributed by atoms with E-state index in [0.29, 0.717) is 5.56 Å². The van der Waals surface area contributed by atoms with Gasteiger partial charge in [-0.2, -0.15) is 5.26 Å². The zero-order valence-corrected chi connectivity index (χ0v) is 11.8. The molecule has 0 bridgehead atoms. The van der Waals surface area contributed by atoms with E-state index < -0.39 is 11.4 Å². The summed E-state index contributed by atoms with van der Waals surface area (Å²) in [7, 11) is 0. The highest BCUT2D eigenvalue weighted by Gasteiger charge is 2.39. The molecule has 0 aliphatic carbocycles. The lowest BCUT2D eigenvalue weighted by Gasteiger charge is -2.23. The van der Waals surface area contributed by atoms with Crippen molar-refractivity contribution in [2.45, 2.75) is 12.8 Å². The van der Waals surface area contributed by atoms with Crippen LogP contribution in [0.15, 0.2) is 49.6 Å². The van der Waals surface area contributed by atoms with Crippen molar-refractivity contribution in [1.29, 1.82) is 5.26 Å². The van der Waals surface area contributed by atoms with E-state index in [-0.39, 0.29) is 19.4 Å². The number of carbonyl (C=O) groups is 1. The SMILES string of the molecule is C#Cc1ccccc1CC(C#N)(CC=C)C(=O)OCC=C. The highest BCUT2D eigenvalue weighted by Crippen LogP contribution is 2.30. The third-order valence-corrected chi connectivity index (χ3v) is 3.09. The van der Waals surface area contributed by atoms with Crippen LogP contribution in [0.2, 0.25) is 0 Å². The Kier molecular flexibility index (Phi) is 5.99. The molecule has 0 N–H and O–H groups in total. The maximum Gasteiger partial charge on any atom is 0.327 e. The Bertz CT molecular complexity index is 619. The van der Waals surface area contributed by atoms with E-state index in [1.807, 2.05) is 18.2 Å². The van der Waals surface area contributed by atoms with Crippen molar-refractivity contribution >= 4 is 5.97 Å². The molecule has 0 aliphatic heterocycles. The van der Waals surface area contributed by atoms with E-state index in [9.17, 15) is 10.1 Å².